The maximum absolute atomic E-state index is 14.3. The molecular weight excluding hydrogens is 460 g/mol. The van der Waals surface area contributed by atoms with E-state index in [1.54, 1.807) is 52.4 Å². The summed E-state index contributed by atoms with van der Waals surface area (Å²) in [6.45, 7) is 5.52. The minimum Gasteiger partial charge on any atom is -0.496 e. The second-order valence-corrected chi connectivity index (χ2v) is 8.75. The third-order valence-corrected chi connectivity index (χ3v) is 6.77. The van der Waals surface area contributed by atoms with Crippen LogP contribution in [0.3, 0.4) is 0 Å². The third-order valence-electron chi connectivity index (χ3n) is 6.77. The number of carbonyl (C=O) groups excluding carboxylic acids is 3. The second kappa shape index (κ2) is 10.8. The molecule has 2 aromatic rings. The molecule has 188 valence electrons. The molecule has 0 amide bonds. The number of aromatic nitrogens is 1. The molecule has 36 heavy (non-hydrogen) atoms. The topological polar surface area (TPSA) is 104 Å². The summed E-state index contributed by atoms with van der Waals surface area (Å²) >= 11 is 0. The summed E-state index contributed by atoms with van der Waals surface area (Å²) in [6, 6.07) is 10.9. The normalized spacial score (nSPS) is 23.4. The van der Waals surface area contributed by atoms with Crippen LogP contribution in [-0.2, 0) is 23.9 Å². The predicted octanol–water partition coefficient (Wildman–Crippen LogP) is 4.02. The van der Waals surface area contributed by atoms with E-state index < -0.39 is 35.6 Å². The number of hydrogen-bond acceptors (Lipinski definition) is 8. The number of carbonyl (C=O) groups is 3. The van der Waals surface area contributed by atoms with E-state index in [9.17, 15) is 14.4 Å². The van der Waals surface area contributed by atoms with Gasteiger partial charge in [-0.15, -0.1) is 0 Å². The lowest BCUT2D eigenvalue weighted by Gasteiger charge is -2.41. The Morgan fingerprint density at radius 2 is 1.78 bits per heavy atom. The van der Waals surface area contributed by atoms with Crippen molar-refractivity contribution in [3.05, 3.63) is 71.2 Å². The SMILES string of the molecule is CCOC(=O)C1=C(C)N=C2C[C@@H](c3ccccc3OC)[C@H](C(=O)OCC)C(=O)C2[C@@H]1c1cccnc1. The van der Waals surface area contributed by atoms with Gasteiger partial charge < -0.3 is 14.2 Å². The standard InChI is InChI=1S/C28H30N2O6/c1-5-35-27(32)22-16(3)30-20-14-19(18-11-7-8-12-21(18)34-4)24(28(33)36-6-2)26(31)25(20)23(22)17-10-9-13-29-15-17/h7-13,15,19,23-25H,5-6,14H2,1-4H3/t19-,23+,24-,25?/m0/s1. The summed E-state index contributed by atoms with van der Waals surface area (Å²) in [5.74, 6) is -3.96. The number of aliphatic imine (C=N–C) groups is 1. The van der Waals surface area contributed by atoms with E-state index in [1.807, 2.05) is 24.3 Å². The van der Waals surface area contributed by atoms with Crippen LogP contribution in [0, 0.1) is 11.8 Å². The first kappa shape index (κ1) is 25.3. The number of nitrogens with zero attached hydrogens (tertiary/aromatic N) is 2. The first-order valence-corrected chi connectivity index (χ1v) is 12.1. The molecule has 1 aromatic carbocycles. The number of pyridine rings is 1. The highest BCUT2D eigenvalue weighted by Gasteiger charge is 2.53. The quantitative estimate of drug-likeness (QED) is 0.426. The van der Waals surface area contributed by atoms with Crippen molar-refractivity contribution in [3.63, 3.8) is 0 Å². The summed E-state index contributed by atoms with van der Waals surface area (Å²) in [6.07, 6.45) is 3.60. The van der Waals surface area contributed by atoms with Gasteiger partial charge in [-0.1, -0.05) is 24.3 Å². The molecule has 0 radical (unpaired) electrons. The van der Waals surface area contributed by atoms with Crippen molar-refractivity contribution < 1.29 is 28.6 Å². The summed E-state index contributed by atoms with van der Waals surface area (Å²) in [4.78, 5) is 49.6. The van der Waals surface area contributed by atoms with Gasteiger partial charge in [-0.2, -0.15) is 0 Å². The summed E-state index contributed by atoms with van der Waals surface area (Å²) in [7, 11) is 1.56. The van der Waals surface area contributed by atoms with Gasteiger partial charge in [0.15, 0.2) is 5.78 Å². The molecule has 1 unspecified atom stereocenters. The van der Waals surface area contributed by atoms with Crippen LogP contribution >= 0.6 is 0 Å². The Morgan fingerprint density at radius 1 is 1.03 bits per heavy atom. The van der Waals surface area contributed by atoms with E-state index in [1.165, 1.54) is 0 Å². The number of rotatable bonds is 7. The molecule has 4 atom stereocenters. The fourth-order valence-corrected chi connectivity index (χ4v) is 5.34. The third kappa shape index (κ3) is 4.55. The molecule has 8 heteroatoms. The Bertz CT molecular complexity index is 1220. The molecule has 8 nitrogen and oxygen atoms in total. The number of methoxy groups -OCH3 is 1. The van der Waals surface area contributed by atoms with Crippen molar-refractivity contribution in [1.29, 1.82) is 0 Å². The van der Waals surface area contributed by atoms with E-state index in [0.29, 0.717) is 34.7 Å². The highest BCUT2D eigenvalue weighted by Crippen LogP contribution is 2.49. The molecule has 0 saturated heterocycles. The Labute approximate surface area is 210 Å². The molecule has 1 fully saturated rings. The van der Waals surface area contributed by atoms with Crippen molar-refractivity contribution in [3.8, 4) is 5.75 Å². The zero-order valence-corrected chi connectivity index (χ0v) is 20.9. The number of hydrogen-bond donors (Lipinski definition) is 0. The van der Waals surface area contributed by atoms with E-state index in [-0.39, 0.29) is 19.0 Å². The van der Waals surface area contributed by atoms with Gasteiger partial charge in [0, 0.05) is 35.6 Å². The summed E-state index contributed by atoms with van der Waals surface area (Å²) < 4.78 is 16.3. The highest BCUT2D eigenvalue weighted by atomic mass is 16.5. The summed E-state index contributed by atoms with van der Waals surface area (Å²) in [5.41, 5.74) is 2.85. The van der Waals surface area contributed by atoms with Crippen molar-refractivity contribution in [1.82, 2.24) is 4.98 Å². The van der Waals surface area contributed by atoms with Gasteiger partial charge in [0.05, 0.1) is 31.8 Å². The van der Waals surface area contributed by atoms with Gasteiger partial charge in [-0.25, -0.2) is 4.79 Å². The largest absolute Gasteiger partial charge is 0.496 e. The molecule has 1 saturated carbocycles. The molecule has 1 aromatic heterocycles. The van der Waals surface area contributed by atoms with Gasteiger partial charge in [0.2, 0.25) is 0 Å². The first-order valence-electron chi connectivity index (χ1n) is 12.1. The zero-order valence-electron chi connectivity index (χ0n) is 20.9. The van der Waals surface area contributed by atoms with Crippen molar-refractivity contribution >= 4 is 23.4 Å². The van der Waals surface area contributed by atoms with Gasteiger partial charge in [0.1, 0.15) is 11.7 Å². The molecule has 1 aliphatic heterocycles. The van der Waals surface area contributed by atoms with E-state index in [0.717, 1.165) is 5.56 Å². The Kier molecular flexibility index (Phi) is 7.62. The molecule has 0 N–H and O–H groups in total. The minimum absolute atomic E-state index is 0.145. The fraction of sp³-hybridized carbons (Fsp3) is 0.393. The molecule has 0 spiro atoms. The van der Waals surface area contributed by atoms with Crippen LogP contribution in [0.4, 0.5) is 0 Å². The van der Waals surface area contributed by atoms with Crippen LogP contribution in [0.2, 0.25) is 0 Å². The predicted molar refractivity (Wildman–Crippen MR) is 133 cm³/mol. The van der Waals surface area contributed by atoms with Gasteiger partial charge in [-0.3, -0.25) is 19.6 Å². The number of Topliss-reactive ketones (excluding diaryl/α,β-unsaturated/α-hetero) is 1. The Balaban J connectivity index is 1.90. The number of fused-ring (bicyclic) bond motifs is 1. The zero-order chi connectivity index (χ0) is 25.8. The minimum atomic E-state index is -1.08. The lowest BCUT2D eigenvalue weighted by atomic mass is 9.62. The van der Waals surface area contributed by atoms with Gasteiger partial charge in [-0.05, 0) is 50.5 Å². The molecular formula is C28H30N2O6. The number of esters is 2. The van der Waals surface area contributed by atoms with Crippen molar-refractivity contribution in [2.45, 2.75) is 39.0 Å². The maximum atomic E-state index is 14.3. The van der Waals surface area contributed by atoms with Crippen LogP contribution in [0.25, 0.3) is 0 Å². The Hall–Kier alpha value is -3.81. The van der Waals surface area contributed by atoms with Gasteiger partial charge >= 0.3 is 11.9 Å². The molecule has 0 bridgehead atoms. The number of allylic oxidation sites excluding steroid dienone is 1. The maximum Gasteiger partial charge on any atom is 0.336 e. The molecule has 4 rings (SSSR count). The fourth-order valence-electron chi connectivity index (χ4n) is 5.34. The number of ether oxygens (including phenoxy) is 3. The first-order chi connectivity index (χ1) is 17.4. The smallest absolute Gasteiger partial charge is 0.336 e. The molecule has 1 aliphatic carbocycles. The average molecular weight is 491 g/mol. The summed E-state index contributed by atoms with van der Waals surface area (Å²) in [5, 5.41) is 0. The molecule has 2 heterocycles. The average Bonchev–Trinajstić information content (AvgIpc) is 2.88. The van der Waals surface area contributed by atoms with Crippen molar-refractivity contribution in [2.75, 3.05) is 20.3 Å². The van der Waals surface area contributed by atoms with Crippen LogP contribution < -0.4 is 4.74 Å². The van der Waals surface area contributed by atoms with Crippen LogP contribution in [0.15, 0.2) is 65.1 Å². The van der Waals surface area contributed by atoms with Crippen LogP contribution in [-0.4, -0.2) is 48.7 Å². The van der Waals surface area contributed by atoms with Gasteiger partial charge in [0.25, 0.3) is 0 Å². The van der Waals surface area contributed by atoms with E-state index in [2.05, 4.69) is 4.98 Å². The molecule has 2 aliphatic rings. The van der Waals surface area contributed by atoms with Crippen LogP contribution in [0.5, 0.6) is 5.75 Å². The lowest BCUT2D eigenvalue weighted by molar-refractivity contribution is -0.153. The number of para-hydroxylation sites is 1. The lowest BCUT2D eigenvalue weighted by Crippen LogP contribution is -2.48. The van der Waals surface area contributed by atoms with Crippen LogP contribution in [0.1, 0.15) is 50.2 Å². The monoisotopic (exact) mass is 490 g/mol. The highest BCUT2D eigenvalue weighted by molar-refractivity contribution is 6.18. The van der Waals surface area contributed by atoms with Crippen molar-refractivity contribution in [2.24, 2.45) is 16.8 Å². The number of benzene rings is 1. The van der Waals surface area contributed by atoms with E-state index >= 15 is 0 Å². The number of ketones is 1. The Morgan fingerprint density at radius 3 is 2.44 bits per heavy atom. The second-order valence-electron chi connectivity index (χ2n) is 8.75. The van der Waals surface area contributed by atoms with E-state index in [4.69, 9.17) is 19.2 Å².